The van der Waals surface area contributed by atoms with Gasteiger partial charge >= 0.3 is 17.9 Å². The molecule has 15 nitrogen and oxygen atoms in total. The normalized spacial score (nSPS) is 21.0. The zero-order valence-corrected chi connectivity index (χ0v) is 45.8. The summed E-state index contributed by atoms with van der Waals surface area (Å²) in [6.07, 6.45) is 38.8. The lowest BCUT2D eigenvalue weighted by molar-refractivity contribution is -0.298. The molecule has 3 aliphatic rings. The summed E-state index contributed by atoms with van der Waals surface area (Å²) < 4.78 is 34.5. The van der Waals surface area contributed by atoms with Crippen LogP contribution in [0.2, 0.25) is 0 Å². The molecule has 3 saturated heterocycles. The molecule has 0 amide bonds. The van der Waals surface area contributed by atoms with E-state index in [0.29, 0.717) is 19.3 Å². The molecule has 0 spiro atoms. The van der Waals surface area contributed by atoms with Crippen LogP contribution in [-0.4, -0.2) is 75.0 Å². The van der Waals surface area contributed by atoms with Gasteiger partial charge in [0.1, 0.15) is 13.2 Å². The fourth-order valence-electron chi connectivity index (χ4n) is 9.20. The first-order valence-electron chi connectivity index (χ1n) is 29.8. The van der Waals surface area contributed by atoms with Gasteiger partial charge in [0.2, 0.25) is 0 Å². The van der Waals surface area contributed by atoms with Gasteiger partial charge in [0.25, 0.3) is 0 Å². The molecule has 0 aromatic carbocycles. The third-order valence-corrected chi connectivity index (χ3v) is 13.7. The Morgan fingerprint density at radius 3 is 0.792 bits per heavy atom. The van der Waals surface area contributed by atoms with Gasteiger partial charge in [-0.2, -0.15) is 0 Å². The van der Waals surface area contributed by atoms with Crippen molar-refractivity contribution in [2.75, 3.05) is 13.2 Å². The quantitative estimate of drug-likeness (QED) is 0.0245. The van der Waals surface area contributed by atoms with E-state index in [4.69, 9.17) is 57.7 Å². The van der Waals surface area contributed by atoms with Gasteiger partial charge in [-0.3, -0.25) is 14.4 Å². The zero-order valence-electron chi connectivity index (χ0n) is 45.8. The van der Waals surface area contributed by atoms with E-state index in [1.165, 1.54) is 96.3 Å². The lowest BCUT2D eigenvalue weighted by Crippen LogP contribution is -2.30. The van der Waals surface area contributed by atoms with Gasteiger partial charge in [-0.1, -0.05) is 175 Å². The molecule has 6 atom stereocenters. The topological polar surface area (TPSA) is 162 Å². The van der Waals surface area contributed by atoms with E-state index in [-0.39, 0.29) is 82.2 Å². The van der Waals surface area contributed by atoms with Crippen LogP contribution in [0.15, 0.2) is 0 Å². The molecule has 3 heterocycles. The number of hydrogen-bond acceptors (Lipinski definition) is 15. The minimum Gasteiger partial charge on any atom is -0.462 e. The maximum atomic E-state index is 12.9. The Labute approximate surface area is 436 Å². The highest BCUT2D eigenvalue weighted by Crippen LogP contribution is 2.26. The fraction of sp³-hybridized carbons (Fsp3) is 0.947. The molecule has 0 saturated carbocycles. The van der Waals surface area contributed by atoms with Crippen molar-refractivity contribution in [2.45, 2.75) is 334 Å². The van der Waals surface area contributed by atoms with Gasteiger partial charge in [0.05, 0.1) is 0 Å². The smallest absolute Gasteiger partial charge is 0.306 e. The van der Waals surface area contributed by atoms with Crippen LogP contribution in [0.4, 0.5) is 0 Å². The van der Waals surface area contributed by atoms with Crippen molar-refractivity contribution in [2.24, 2.45) is 0 Å². The van der Waals surface area contributed by atoms with Crippen molar-refractivity contribution in [3.63, 3.8) is 0 Å². The molecule has 0 aliphatic carbocycles. The summed E-state index contributed by atoms with van der Waals surface area (Å²) in [4.78, 5) is 70.8. The maximum Gasteiger partial charge on any atom is 0.306 e. The summed E-state index contributed by atoms with van der Waals surface area (Å²) in [5.41, 5.74) is 0. The van der Waals surface area contributed by atoms with Crippen molar-refractivity contribution < 1.29 is 72.1 Å². The van der Waals surface area contributed by atoms with Crippen LogP contribution >= 0.6 is 0 Å². The number of ether oxygens (including phenoxy) is 6. The second-order valence-corrected chi connectivity index (χ2v) is 20.6. The summed E-state index contributed by atoms with van der Waals surface area (Å²) in [5, 5.41) is 0. The van der Waals surface area contributed by atoms with E-state index >= 15 is 0 Å². The predicted octanol–water partition coefficient (Wildman–Crippen LogP) is 15.3. The third-order valence-electron chi connectivity index (χ3n) is 13.7. The van der Waals surface area contributed by atoms with Gasteiger partial charge in [-0.05, 0) is 57.8 Å². The lowest BCUT2D eigenvalue weighted by Gasteiger charge is -2.18. The Balaban J connectivity index is 1.25. The number of carbonyl (C=O) groups is 3. The van der Waals surface area contributed by atoms with E-state index < -0.39 is 12.1 Å². The second-order valence-electron chi connectivity index (χ2n) is 20.6. The van der Waals surface area contributed by atoms with Crippen molar-refractivity contribution in [3.05, 3.63) is 0 Å². The third kappa shape index (κ3) is 35.3. The van der Waals surface area contributed by atoms with E-state index in [0.717, 1.165) is 135 Å². The number of unbranched alkanes of at least 4 members (excludes halogenated alkanes) is 27. The fourth-order valence-corrected chi connectivity index (χ4v) is 9.20. The molecule has 3 rings (SSSR count). The molecule has 0 aromatic rings. The summed E-state index contributed by atoms with van der Waals surface area (Å²) in [6, 6.07) is 0. The van der Waals surface area contributed by atoms with Gasteiger partial charge in [0, 0.05) is 57.8 Å². The van der Waals surface area contributed by atoms with Gasteiger partial charge < -0.3 is 28.4 Å². The Bertz CT molecular complexity index is 1230. The molecule has 0 N–H and O–H groups in total. The molecule has 422 valence electrons. The maximum absolute atomic E-state index is 12.9. The highest BCUT2D eigenvalue weighted by Gasteiger charge is 2.29. The Morgan fingerprint density at radius 1 is 0.306 bits per heavy atom. The second kappa shape index (κ2) is 45.3. The van der Waals surface area contributed by atoms with Gasteiger partial charge in [0.15, 0.2) is 43.8 Å². The number of carbonyl (C=O) groups excluding carboxylic acids is 3. The van der Waals surface area contributed by atoms with Crippen LogP contribution in [0.25, 0.3) is 0 Å². The molecule has 15 heteroatoms. The highest BCUT2D eigenvalue weighted by molar-refractivity contribution is 5.71. The molecule has 0 bridgehead atoms. The van der Waals surface area contributed by atoms with Crippen LogP contribution in [0, 0.1) is 0 Å². The minimum absolute atomic E-state index is 0.157. The largest absolute Gasteiger partial charge is 0.462 e. The highest BCUT2D eigenvalue weighted by atomic mass is 17.3. The number of rotatable bonds is 50. The first-order valence-corrected chi connectivity index (χ1v) is 29.8. The number of esters is 3. The lowest BCUT2D eigenvalue weighted by atomic mass is 10.1. The molecule has 3 fully saturated rings. The number of hydrogen-bond donors (Lipinski definition) is 0. The van der Waals surface area contributed by atoms with Crippen LogP contribution < -0.4 is 0 Å². The van der Waals surface area contributed by atoms with Crippen molar-refractivity contribution >= 4 is 17.9 Å². The molecule has 0 radical (unpaired) electrons. The summed E-state index contributed by atoms with van der Waals surface area (Å²) >= 11 is 0. The standard InChI is InChI=1S/C57H104O15/c1-4-7-10-13-22-31-40-52-64-55(70-67-52)43-34-25-16-19-28-37-49(58)61-46-48(63-51(60)39-30-21-18-27-36-45-57-66-54(69-72-57)42-33-24-15-12-9-6-3)47-62-50(59)38-29-20-17-26-35-44-56-65-53(68-71-56)41-32-23-14-11-8-5-2/h48,52-57H,4-47H2,1-3H3/t52-,53-,54-,55-,56-,57-/m1/s1. The van der Waals surface area contributed by atoms with Crippen molar-refractivity contribution in [3.8, 4) is 0 Å². The molecule has 3 aliphatic heterocycles. The first kappa shape index (κ1) is 64.3. The summed E-state index contributed by atoms with van der Waals surface area (Å²) in [6.45, 7) is 6.37. The molecule has 0 aromatic heterocycles. The van der Waals surface area contributed by atoms with Gasteiger partial charge in [-0.25, -0.2) is 29.3 Å². The molecular formula is C57H104O15. The Morgan fingerprint density at radius 2 is 0.528 bits per heavy atom. The first-order chi connectivity index (χ1) is 35.4. The minimum atomic E-state index is -0.868. The van der Waals surface area contributed by atoms with Crippen molar-refractivity contribution in [1.29, 1.82) is 0 Å². The van der Waals surface area contributed by atoms with E-state index in [2.05, 4.69) is 20.8 Å². The zero-order chi connectivity index (χ0) is 51.4. The van der Waals surface area contributed by atoms with Crippen LogP contribution in [-0.2, 0) is 72.1 Å². The predicted molar refractivity (Wildman–Crippen MR) is 275 cm³/mol. The van der Waals surface area contributed by atoms with E-state index in [1.54, 1.807) is 0 Å². The summed E-state index contributed by atoms with van der Waals surface area (Å²) in [5.74, 6) is -1.11. The van der Waals surface area contributed by atoms with Crippen LogP contribution in [0.1, 0.15) is 290 Å². The van der Waals surface area contributed by atoms with E-state index in [1.807, 2.05) is 0 Å². The molecular weight excluding hydrogens is 925 g/mol. The average Bonchev–Trinajstić information content (AvgIpc) is 4.16. The monoisotopic (exact) mass is 1030 g/mol. The van der Waals surface area contributed by atoms with E-state index in [9.17, 15) is 14.4 Å². The molecule has 72 heavy (non-hydrogen) atoms. The van der Waals surface area contributed by atoms with Crippen molar-refractivity contribution in [1.82, 2.24) is 0 Å². The van der Waals surface area contributed by atoms with Gasteiger partial charge in [-0.15, -0.1) is 0 Å². The van der Waals surface area contributed by atoms with Crippen LogP contribution in [0.3, 0.4) is 0 Å². The Kier molecular flexibility index (Phi) is 40.4. The Hall–Kier alpha value is -1.95. The molecule has 0 unspecified atom stereocenters. The van der Waals surface area contributed by atoms with Crippen LogP contribution in [0.5, 0.6) is 0 Å². The SMILES string of the molecule is CCCCCCCC[C@H]1OO[C@H](CCCCCCCC(=O)OCC(COC(=O)CCCCCCC[C@H]2OO[C@H](CCCCCCCC)O2)OC(=O)CCCCCCC[C@H]2OO[C@H](CCCCCCCC)O2)O1. The average molecular weight is 1030 g/mol. The summed E-state index contributed by atoms with van der Waals surface area (Å²) in [7, 11) is 0.